The summed E-state index contributed by atoms with van der Waals surface area (Å²) in [6, 6.07) is 11.6. The van der Waals surface area contributed by atoms with Crippen LogP contribution in [0.15, 0.2) is 52.5 Å². The molecule has 0 bridgehead atoms. The van der Waals surface area contributed by atoms with Gasteiger partial charge in [0.25, 0.3) is 5.91 Å². The van der Waals surface area contributed by atoms with Crippen molar-refractivity contribution < 1.29 is 13.9 Å². The molecule has 0 N–H and O–H groups in total. The number of ether oxygens (including phenoxy) is 1. The highest BCUT2D eigenvalue weighted by Gasteiger charge is 2.28. The van der Waals surface area contributed by atoms with Crippen molar-refractivity contribution in [3.63, 3.8) is 0 Å². The lowest BCUT2D eigenvalue weighted by atomic mass is 10.1. The Hall–Kier alpha value is -2.44. The van der Waals surface area contributed by atoms with Crippen LogP contribution in [-0.2, 0) is 4.74 Å². The van der Waals surface area contributed by atoms with E-state index in [9.17, 15) is 4.79 Å². The van der Waals surface area contributed by atoms with Crippen molar-refractivity contribution in [2.24, 2.45) is 0 Å². The smallest absolute Gasteiger partial charge is 0.295 e. The Morgan fingerprint density at radius 1 is 1.31 bits per heavy atom. The van der Waals surface area contributed by atoms with E-state index in [2.05, 4.69) is 19.1 Å². The van der Waals surface area contributed by atoms with Crippen molar-refractivity contribution >= 4 is 22.4 Å². The van der Waals surface area contributed by atoms with Gasteiger partial charge in [0.15, 0.2) is 10.9 Å². The molecule has 3 aromatic rings. The van der Waals surface area contributed by atoms with Crippen LogP contribution in [0.1, 0.15) is 29.0 Å². The summed E-state index contributed by atoms with van der Waals surface area (Å²) >= 11 is 1.46. The molecule has 3 heterocycles. The summed E-state index contributed by atoms with van der Waals surface area (Å²) in [6.07, 6.45) is 3.54. The molecule has 4 rings (SSSR count). The number of aromatic nitrogens is 1. The van der Waals surface area contributed by atoms with Gasteiger partial charge in [0.05, 0.1) is 24.6 Å². The van der Waals surface area contributed by atoms with Crippen LogP contribution in [0.2, 0.25) is 0 Å². The first-order valence-corrected chi connectivity index (χ1v) is 9.58. The SMILES string of the molecule is Cc1ccc(-c2csc(N(C[C@@H]3CCCO3)C(=O)c3ccco3)n2)cc1. The van der Waals surface area contributed by atoms with Gasteiger partial charge in [-0.15, -0.1) is 11.3 Å². The van der Waals surface area contributed by atoms with Gasteiger partial charge in [0.2, 0.25) is 0 Å². The van der Waals surface area contributed by atoms with E-state index in [1.54, 1.807) is 17.0 Å². The first kappa shape index (κ1) is 17.0. The highest BCUT2D eigenvalue weighted by atomic mass is 32.1. The minimum absolute atomic E-state index is 0.0423. The molecule has 26 heavy (non-hydrogen) atoms. The number of benzene rings is 1. The lowest BCUT2D eigenvalue weighted by Crippen LogP contribution is -2.37. The average molecular weight is 368 g/mol. The summed E-state index contributed by atoms with van der Waals surface area (Å²) in [5.41, 5.74) is 3.12. The number of thiazole rings is 1. The molecule has 2 aromatic heterocycles. The van der Waals surface area contributed by atoms with Gasteiger partial charge in [0, 0.05) is 17.6 Å². The molecule has 1 aromatic carbocycles. The van der Waals surface area contributed by atoms with Crippen LogP contribution in [0.3, 0.4) is 0 Å². The maximum Gasteiger partial charge on any atom is 0.295 e. The standard InChI is InChI=1S/C20H20N2O3S/c1-14-6-8-15(9-7-14)17-13-26-20(21-17)22(12-16-4-2-10-24-16)19(23)18-5-3-11-25-18/h3,5-9,11,13,16H,2,4,10,12H2,1H3/t16-/m0/s1. The molecular formula is C20H20N2O3S. The van der Waals surface area contributed by atoms with E-state index in [-0.39, 0.29) is 12.0 Å². The van der Waals surface area contributed by atoms with Gasteiger partial charge < -0.3 is 9.15 Å². The summed E-state index contributed by atoms with van der Waals surface area (Å²) in [5.74, 6) is 0.130. The second-order valence-corrected chi connectivity index (χ2v) is 7.25. The van der Waals surface area contributed by atoms with E-state index in [1.807, 2.05) is 17.5 Å². The fraction of sp³-hybridized carbons (Fsp3) is 0.300. The molecule has 1 atom stereocenters. The van der Waals surface area contributed by atoms with E-state index in [0.29, 0.717) is 17.4 Å². The highest BCUT2D eigenvalue weighted by molar-refractivity contribution is 7.14. The number of hydrogen-bond donors (Lipinski definition) is 0. The summed E-state index contributed by atoms with van der Waals surface area (Å²) in [7, 11) is 0. The highest BCUT2D eigenvalue weighted by Crippen LogP contribution is 2.30. The maximum atomic E-state index is 12.9. The van der Waals surface area contributed by atoms with Crippen LogP contribution >= 0.6 is 11.3 Å². The Kier molecular flexibility index (Phi) is 4.86. The Morgan fingerprint density at radius 2 is 2.15 bits per heavy atom. The second kappa shape index (κ2) is 7.43. The third kappa shape index (κ3) is 3.57. The van der Waals surface area contributed by atoms with Crippen LogP contribution in [0.25, 0.3) is 11.3 Å². The van der Waals surface area contributed by atoms with Gasteiger partial charge in [0.1, 0.15) is 0 Å². The third-order valence-electron chi connectivity index (χ3n) is 4.46. The molecule has 0 spiro atoms. The van der Waals surface area contributed by atoms with Crippen molar-refractivity contribution in [3.05, 3.63) is 59.4 Å². The van der Waals surface area contributed by atoms with Gasteiger partial charge in [-0.1, -0.05) is 29.8 Å². The first-order valence-electron chi connectivity index (χ1n) is 8.70. The molecule has 1 amide bonds. The van der Waals surface area contributed by atoms with Crippen molar-refractivity contribution in [1.82, 2.24) is 4.98 Å². The summed E-state index contributed by atoms with van der Waals surface area (Å²) in [6.45, 7) is 3.29. The van der Waals surface area contributed by atoms with E-state index in [4.69, 9.17) is 14.1 Å². The lowest BCUT2D eigenvalue weighted by molar-refractivity contribution is 0.0895. The number of carbonyl (C=O) groups is 1. The van der Waals surface area contributed by atoms with Gasteiger partial charge in [-0.25, -0.2) is 4.98 Å². The number of hydrogen-bond acceptors (Lipinski definition) is 5. The van der Waals surface area contributed by atoms with Crippen LogP contribution in [0.5, 0.6) is 0 Å². The van der Waals surface area contributed by atoms with Gasteiger partial charge in [-0.05, 0) is 31.9 Å². The predicted octanol–water partition coefficient (Wildman–Crippen LogP) is 4.54. The Bertz CT molecular complexity index is 865. The lowest BCUT2D eigenvalue weighted by Gasteiger charge is -2.22. The predicted molar refractivity (Wildman–Crippen MR) is 102 cm³/mol. The average Bonchev–Trinajstić information content (AvgIpc) is 3.42. The monoisotopic (exact) mass is 368 g/mol. The Labute approximate surface area is 156 Å². The van der Waals surface area contributed by atoms with Crippen molar-refractivity contribution in [1.29, 1.82) is 0 Å². The van der Waals surface area contributed by atoms with E-state index in [1.165, 1.54) is 23.2 Å². The van der Waals surface area contributed by atoms with Gasteiger partial charge >= 0.3 is 0 Å². The molecule has 134 valence electrons. The number of amides is 1. The van der Waals surface area contributed by atoms with Crippen LogP contribution in [-0.4, -0.2) is 30.1 Å². The van der Waals surface area contributed by atoms with Crippen molar-refractivity contribution in [3.8, 4) is 11.3 Å². The summed E-state index contributed by atoms with van der Waals surface area (Å²) < 4.78 is 11.0. The second-order valence-electron chi connectivity index (χ2n) is 6.41. The normalized spacial score (nSPS) is 16.7. The molecule has 0 radical (unpaired) electrons. The molecule has 1 aliphatic heterocycles. The number of carbonyl (C=O) groups excluding carboxylic acids is 1. The van der Waals surface area contributed by atoms with E-state index >= 15 is 0 Å². The molecular weight excluding hydrogens is 348 g/mol. The maximum absolute atomic E-state index is 12.9. The summed E-state index contributed by atoms with van der Waals surface area (Å²) in [4.78, 5) is 19.3. The Morgan fingerprint density at radius 3 is 2.85 bits per heavy atom. The minimum Gasteiger partial charge on any atom is -0.459 e. The van der Waals surface area contributed by atoms with Crippen LogP contribution in [0.4, 0.5) is 5.13 Å². The zero-order valence-corrected chi connectivity index (χ0v) is 15.4. The zero-order chi connectivity index (χ0) is 17.9. The number of nitrogens with zero attached hydrogens (tertiary/aromatic N) is 2. The van der Waals surface area contributed by atoms with E-state index in [0.717, 1.165) is 30.7 Å². The van der Waals surface area contributed by atoms with Crippen molar-refractivity contribution in [2.75, 3.05) is 18.1 Å². The molecule has 0 aliphatic carbocycles. The number of furan rings is 1. The fourth-order valence-corrected chi connectivity index (χ4v) is 3.86. The van der Waals surface area contributed by atoms with Gasteiger partial charge in [-0.3, -0.25) is 9.69 Å². The van der Waals surface area contributed by atoms with Crippen LogP contribution in [0, 0.1) is 6.92 Å². The molecule has 1 aliphatic rings. The van der Waals surface area contributed by atoms with Crippen LogP contribution < -0.4 is 4.90 Å². The zero-order valence-electron chi connectivity index (χ0n) is 14.6. The fourth-order valence-electron chi connectivity index (χ4n) is 3.02. The first-order chi connectivity index (χ1) is 12.7. The quantitative estimate of drug-likeness (QED) is 0.663. The number of aryl methyl sites for hydroxylation is 1. The van der Waals surface area contributed by atoms with E-state index < -0.39 is 0 Å². The topological polar surface area (TPSA) is 55.6 Å². The summed E-state index contributed by atoms with van der Waals surface area (Å²) in [5, 5.41) is 2.65. The number of rotatable bonds is 5. The van der Waals surface area contributed by atoms with Crippen molar-refractivity contribution in [2.45, 2.75) is 25.9 Å². The molecule has 1 fully saturated rings. The largest absolute Gasteiger partial charge is 0.459 e. The molecule has 0 saturated carbocycles. The minimum atomic E-state index is -0.185. The number of anilines is 1. The molecule has 1 saturated heterocycles. The molecule has 5 nitrogen and oxygen atoms in total. The third-order valence-corrected chi connectivity index (χ3v) is 5.32. The Balaban J connectivity index is 1.62. The van der Waals surface area contributed by atoms with Gasteiger partial charge in [-0.2, -0.15) is 0 Å². The molecule has 6 heteroatoms. The molecule has 0 unspecified atom stereocenters.